The molecule has 1 rings (SSSR count). The molecule has 1 aromatic heterocycles. The molecular weight excluding hydrogens is 122 g/mol. The minimum atomic E-state index is 1.01. The van der Waals surface area contributed by atoms with Crippen LogP contribution in [-0.2, 0) is 6.42 Å². The first kappa shape index (κ1) is 7.00. The molecule has 0 aliphatic carbocycles. The van der Waals surface area contributed by atoms with E-state index in [-0.39, 0.29) is 0 Å². The van der Waals surface area contributed by atoms with E-state index in [0.717, 1.165) is 12.8 Å². The number of allylic oxidation sites excluding steroid dienone is 1. The van der Waals surface area contributed by atoms with E-state index in [1.165, 1.54) is 5.56 Å². The van der Waals surface area contributed by atoms with Gasteiger partial charge in [-0.05, 0) is 24.5 Å². The average Bonchev–Trinajstić information content (AvgIpc) is 2.03. The number of hydrogen-bond acceptors (Lipinski definition) is 1. The Hall–Kier alpha value is -1.11. The molecule has 0 bridgehead atoms. The Morgan fingerprint density at radius 3 is 3.20 bits per heavy atom. The molecule has 0 saturated carbocycles. The normalized spacial score (nSPS) is 9.20. The van der Waals surface area contributed by atoms with Crippen molar-refractivity contribution < 1.29 is 0 Å². The minimum Gasteiger partial charge on any atom is -0.264 e. The highest BCUT2D eigenvalue weighted by molar-refractivity contribution is 5.08. The molecule has 0 unspecified atom stereocenters. The van der Waals surface area contributed by atoms with Gasteiger partial charge in [-0.15, -0.1) is 6.58 Å². The smallest absolute Gasteiger partial charge is 0.0349 e. The van der Waals surface area contributed by atoms with Gasteiger partial charge in [-0.2, -0.15) is 0 Å². The number of nitrogens with zero attached hydrogens (tertiary/aromatic N) is 1. The monoisotopic (exact) mass is 132 g/mol. The second-order valence-corrected chi connectivity index (χ2v) is 2.09. The van der Waals surface area contributed by atoms with E-state index < -0.39 is 0 Å². The molecule has 1 heterocycles. The van der Waals surface area contributed by atoms with Crippen LogP contribution >= 0.6 is 0 Å². The van der Waals surface area contributed by atoms with E-state index >= 15 is 0 Å². The first-order valence-corrected chi connectivity index (χ1v) is 3.35. The van der Waals surface area contributed by atoms with Crippen LogP contribution in [0.25, 0.3) is 0 Å². The molecule has 0 aliphatic heterocycles. The van der Waals surface area contributed by atoms with Gasteiger partial charge >= 0.3 is 0 Å². The molecule has 10 heavy (non-hydrogen) atoms. The van der Waals surface area contributed by atoms with E-state index in [2.05, 4.69) is 17.6 Å². The largest absolute Gasteiger partial charge is 0.264 e. The Labute approximate surface area is 61.4 Å². The van der Waals surface area contributed by atoms with Crippen molar-refractivity contribution >= 4 is 0 Å². The van der Waals surface area contributed by atoms with Crippen LogP contribution in [-0.4, -0.2) is 4.98 Å². The molecule has 0 fully saturated rings. The molecule has 1 nitrogen and oxygen atoms in total. The molecule has 0 aliphatic rings. The van der Waals surface area contributed by atoms with Crippen molar-refractivity contribution in [3.8, 4) is 0 Å². The molecule has 0 saturated heterocycles. The van der Waals surface area contributed by atoms with Crippen LogP contribution in [0.1, 0.15) is 12.0 Å². The first-order chi connectivity index (χ1) is 4.93. The van der Waals surface area contributed by atoms with E-state index in [9.17, 15) is 0 Å². The Morgan fingerprint density at radius 2 is 2.60 bits per heavy atom. The number of hydrogen-bond donors (Lipinski definition) is 0. The highest BCUT2D eigenvalue weighted by Gasteiger charge is 1.87. The quantitative estimate of drug-likeness (QED) is 0.573. The van der Waals surface area contributed by atoms with Crippen molar-refractivity contribution in [2.45, 2.75) is 12.8 Å². The van der Waals surface area contributed by atoms with Crippen molar-refractivity contribution in [3.05, 3.63) is 42.7 Å². The zero-order valence-corrected chi connectivity index (χ0v) is 5.88. The summed E-state index contributed by atoms with van der Waals surface area (Å²) in [5, 5.41) is 0. The predicted octanol–water partition coefficient (Wildman–Crippen LogP) is 2.00. The van der Waals surface area contributed by atoms with Gasteiger partial charge in [-0.1, -0.05) is 6.08 Å². The molecular formula is C9H10N. The van der Waals surface area contributed by atoms with E-state index in [4.69, 9.17) is 0 Å². The van der Waals surface area contributed by atoms with Gasteiger partial charge in [-0.3, -0.25) is 4.98 Å². The number of rotatable bonds is 3. The fourth-order valence-electron chi connectivity index (χ4n) is 0.757. The van der Waals surface area contributed by atoms with Crippen molar-refractivity contribution in [2.24, 2.45) is 0 Å². The van der Waals surface area contributed by atoms with Gasteiger partial charge in [-0.25, -0.2) is 0 Å². The summed E-state index contributed by atoms with van der Waals surface area (Å²) in [7, 11) is 0. The van der Waals surface area contributed by atoms with Crippen molar-refractivity contribution in [3.63, 3.8) is 0 Å². The maximum atomic E-state index is 3.87. The van der Waals surface area contributed by atoms with Crippen molar-refractivity contribution in [1.29, 1.82) is 0 Å². The van der Waals surface area contributed by atoms with Crippen LogP contribution in [0.2, 0.25) is 0 Å². The van der Waals surface area contributed by atoms with Crippen LogP contribution in [0.15, 0.2) is 31.1 Å². The molecule has 1 aromatic rings. The number of pyridine rings is 1. The fraction of sp³-hybridized carbons (Fsp3) is 0.222. The summed E-state index contributed by atoms with van der Waals surface area (Å²) in [6.45, 7) is 3.65. The zero-order valence-electron chi connectivity index (χ0n) is 5.88. The summed E-state index contributed by atoms with van der Waals surface area (Å²) in [4.78, 5) is 3.87. The topological polar surface area (TPSA) is 12.9 Å². The standard InChI is InChI=1S/C9H10N/c1-2-3-4-9-5-7-10-8-6-9/h2,5,7-8H,1,3-4H2. The van der Waals surface area contributed by atoms with Crippen molar-refractivity contribution in [2.75, 3.05) is 0 Å². The summed E-state index contributed by atoms with van der Waals surface area (Å²) >= 11 is 0. The first-order valence-electron chi connectivity index (χ1n) is 3.35. The van der Waals surface area contributed by atoms with Crippen LogP contribution in [0.4, 0.5) is 0 Å². The van der Waals surface area contributed by atoms with E-state index in [1.807, 2.05) is 12.1 Å². The van der Waals surface area contributed by atoms with Gasteiger partial charge < -0.3 is 0 Å². The summed E-state index contributed by atoms with van der Waals surface area (Å²) in [6.07, 6.45) is 7.42. The summed E-state index contributed by atoms with van der Waals surface area (Å²) in [6, 6.07) is 5.02. The zero-order chi connectivity index (χ0) is 7.23. The van der Waals surface area contributed by atoms with Crippen molar-refractivity contribution in [1.82, 2.24) is 4.98 Å². The lowest BCUT2D eigenvalue weighted by Gasteiger charge is -1.93. The third-order valence-corrected chi connectivity index (χ3v) is 1.30. The average molecular weight is 132 g/mol. The molecule has 0 atom stereocenters. The van der Waals surface area contributed by atoms with Gasteiger partial charge in [0.15, 0.2) is 0 Å². The summed E-state index contributed by atoms with van der Waals surface area (Å²) in [5.41, 5.74) is 1.20. The second-order valence-electron chi connectivity index (χ2n) is 2.09. The number of aromatic nitrogens is 1. The van der Waals surface area contributed by atoms with Gasteiger partial charge in [0.25, 0.3) is 0 Å². The highest BCUT2D eigenvalue weighted by Crippen LogP contribution is 1.99. The summed E-state index contributed by atoms with van der Waals surface area (Å²) < 4.78 is 0. The molecule has 0 amide bonds. The molecule has 0 aromatic carbocycles. The lowest BCUT2D eigenvalue weighted by Crippen LogP contribution is -1.82. The van der Waals surface area contributed by atoms with Gasteiger partial charge in [0.1, 0.15) is 0 Å². The molecule has 51 valence electrons. The maximum absolute atomic E-state index is 3.87. The highest BCUT2D eigenvalue weighted by atomic mass is 14.6. The Morgan fingerprint density at radius 1 is 1.70 bits per heavy atom. The number of aryl methyl sites for hydroxylation is 1. The Bertz CT molecular complexity index is 191. The van der Waals surface area contributed by atoms with Gasteiger partial charge in [0, 0.05) is 18.5 Å². The molecule has 0 N–H and O–H groups in total. The third-order valence-electron chi connectivity index (χ3n) is 1.30. The SMILES string of the molecule is C=CCCc1[c]cncc1. The Kier molecular flexibility index (Phi) is 2.68. The Balaban J connectivity index is 2.50. The van der Waals surface area contributed by atoms with Crippen LogP contribution in [0.3, 0.4) is 0 Å². The fourth-order valence-corrected chi connectivity index (χ4v) is 0.757. The maximum Gasteiger partial charge on any atom is 0.0349 e. The second kappa shape index (κ2) is 3.83. The van der Waals surface area contributed by atoms with E-state index in [1.54, 1.807) is 12.4 Å². The van der Waals surface area contributed by atoms with E-state index in [0.29, 0.717) is 0 Å². The molecule has 1 heteroatoms. The van der Waals surface area contributed by atoms with Gasteiger partial charge in [0.2, 0.25) is 0 Å². The lowest BCUT2D eigenvalue weighted by molar-refractivity contribution is 0.994. The summed E-state index contributed by atoms with van der Waals surface area (Å²) in [5.74, 6) is 0. The molecule has 0 spiro atoms. The van der Waals surface area contributed by atoms with Crippen LogP contribution < -0.4 is 0 Å². The minimum absolute atomic E-state index is 1.01. The molecule has 1 radical (unpaired) electrons. The lowest BCUT2D eigenvalue weighted by atomic mass is 10.1. The van der Waals surface area contributed by atoms with Gasteiger partial charge in [0.05, 0.1) is 0 Å². The van der Waals surface area contributed by atoms with Crippen LogP contribution in [0, 0.1) is 6.07 Å². The van der Waals surface area contributed by atoms with Crippen LogP contribution in [0.5, 0.6) is 0 Å². The third kappa shape index (κ3) is 2.02. The predicted molar refractivity (Wildman–Crippen MR) is 41.6 cm³/mol.